The van der Waals surface area contributed by atoms with Crippen molar-refractivity contribution >= 4 is 52.8 Å². The van der Waals surface area contributed by atoms with E-state index >= 15 is 0 Å². The number of halogens is 1. The summed E-state index contributed by atoms with van der Waals surface area (Å²) in [6.45, 7) is 13.2. The molecule has 4 aromatic carbocycles. The zero-order chi connectivity index (χ0) is 40.4. The SMILES string of the molecule is CC(C)(C)c1ccc(C(=O)Nc2cccc(-c3ncnc4[nH]c(C5=CCN(C(=O)CF)CC5)cc34)c2CO[Si](c2ccccc2)(c2ccccc2)C(C)(C)C)cc1. The third-order valence-electron chi connectivity index (χ3n) is 11.0. The number of hydrogen-bond acceptors (Lipinski definition) is 5. The Morgan fingerprint density at radius 3 is 2.11 bits per heavy atom. The van der Waals surface area contributed by atoms with Crippen molar-refractivity contribution in [1.82, 2.24) is 19.9 Å². The van der Waals surface area contributed by atoms with E-state index in [9.17, 15) is 14.0 Å². The number of fused-ring (bicyclic) bond motifs is 1. The number of alkyl halides is 1. The average molecular weight is 780 g/mol. The molecule has 3 heterocycles. The smallest absolute Gasteiger partial charge is 0.261 e. The van der Waals surface area contributed by atoms with Crippen LogP contribution < -0.4 is 15.7 Å². The second-order valence-corrected chi connectivity index (χ2v) is 21.0. The van der Waals surface area contributed by atoms with Gasteiger partial charge in [0.25, 0.3) is 20.1 Å². The molecule has 2 aromatic heterocycles. The lowest BCUT2D eigenvalue weighted by atomic mass is 9.86. The molecule has 0 radical (unpaired) electrons. The third kappa shape index (κ3) is 7.97. The molecule has 2 amide bonds. The number of aromatic nitrogens is 3. The Morgan fingerprint density at radius 2 is 1.53 bits per heavy atom. The molecule has 10 heteroatoms. The molecular formula is C47H50FN5O3Si. The first-order valence-electron chi connectivity index (χ1n) is 19.5. The number of carbonyl (C=O) groups excluding carboxylic acids is 2. The van der Waals surface area contributed by atoms with Crippen LogP contribution in [0, 0.1) is 0 Å². The lowest BCUT2D eigenvalue weighted by molar-refractivity contribution is -0.131. The quantitative estimate of drug-likeness (QED) is 0.136. The monoisotopic (exact) mass is 779 g/mol. The van der Waals surface area contributed by atoms with Gasteiger partial charge in [-0.2, -0.15) is 0 Å². The van der Waals surface area contributed by atoms with E-state index in [0.29, 0.717) is 42.1 Å². The molecule has 0 fully saturated rings. The van der Waals surface area contributed by atoms with Crippen LogP contribution in [0.5, 0.6) is 0 Å². The number of nitrogens with zero attached hydrogens (tertiary/aromatic N) is 3. The zero-order valence-electron chi connectivity index (χ0n) is 33.5. The van der Waals surface area contributed by atoms with Crippen LogP contribution in [0.2, 0.25) is 5.04 Å². The Kier molecular flexibility index (Phi) is 11.1. The van der Waals surface area contributed by atoms with Gasteiger partial charge in [0.1, 0.15) is 12.0 Å². The maximum atomic E-state index is 14.0. The van der Waals surface area contributed by atoms with Gasteiger partial charge in [-0.25, -0.2) is 14.4 Å². The number of carbonyl (C=O) groups is 2. The van der Waals surface area contributed by atoms with Gasteiger partial charge in [-0.15, -0.1) is 0 Å². The van der Waals surface area contributed by atoms with E-state index in [4.69, 9.17) is 9.41 Å². The Bertz CT molecular complexity index is 2380. The second kappa shape index (κ2) is 16.0. The van der Waals surface area contributed by atoms with Crippen LogP contribution in [0.3, 0.4) is 0 Å². The summed E-state index contributed by atoms with van der Waals surface area (Å²) < 4.78 is 20.6. The largest absolute Gasteiger partial charge is 0.403 e. The molecule has 1 aliphatic rings. The van der Waals surface area contributed by atoms with Crippen molar-refractivity contribution in [2.45, 2.75) is 65.0 Å². The van der Waals surface area contributed by atoms with Crippen LogP contribution in [0.4, 0.5) is 10.1 Å². The molecule has 8 nitrogen and oxygen atoms in total. The summed E-state index contributed by atoms with van der Waals surface area (Å²) >= 11 is 0. The van der Waals surface area contributed by atoms with E-state index in [1.54, 1.807) is 6.33 Å². The van der Waals surface area contributed by atoms with Gasteiger partial charge in [0, 0.05) is 46.5 Å². The molecule has 292 valence electrons. The minimum atomic E-state index is -3.01. The summed E-state index contributed by atoms with van der Waals surface area (Å²) in [5.74, 6) is -0.725. The van der Waals surface area contributed by atoms with Crippen molar-refractivity contribution in [3.8, 4) is 11.3 Å². The van der Waals surface area contributed by atoms with Gasteiger partial charge in [0.15, 0.2) is 6.67 Å². The number of anilines is 1. The predicted octanol–water partition coefficient (Wildman–Crippen LogP) is 8.84. The molecule has 0 spiro atoms. The molecule has 0 atom stereocenters. The van der Waals surface area contributed by atoms with Crippen molar-refractivity contribution in [3.63, 3.8) is 0 Å². The number of aromatic amines is 1. The van der Waals surface area contributed by atoms with E-state index in [1.807, 2.05) is 66.7 Å². The van der Waals surface area contributed by atoms with Gasteiger partial charge in [0.05, 0.1) is 12.3 Å². The van der Waals surface area contributed by atoms with Crippen molar-refractivity contribution in [2.24, 2.45) is 0 Å². The predicted molar refractivity (Wildman–Crippen MR) is 230 cm³/mol. The fraction of sp³-hybridized carbons (Fsp3) is 0.277. The molecule has 0 saturated heterocycles. The number of amides is 2. The number of H-pyrrole nitrogens is 1. The molecule has 0 unspecified atom stereocenters. The maximum absolute atomic E-state index is 14.0. The molecule has 0 saturated carbocycles. The highest BCUT2D eigenvalue weighted by Gasteiger charge is 2.50. The first-order valence-corrected chi connectivity index (χ1v) is 21.4. The molecule has 7 rings (SSSR count). The number of benzene rings is 4. The highest BCUT2D eigenvalue weighted by Crippen LogP contribution is 2.40. The van der Waals surface area contributed by atoms with Gasteiger partial charge in [-0.1, -0.05) is 133 Å². The van der Waals surface area contributed by atoms with Crippen LogP contribution in [0.1, 0.15) is 75.1 Å². The molecule has 57 heavy (non-hydrogen) atoms. The van der Waals surface area contributed by atoms with Crippen LogP contribution in [-0.2, 0) is 21.2 Å². The standard InChI is InChI=1S/C47H50FN5O3Si/c1-46(2,3)34-22-20-33(21-23-34)45(55)52-40-19-13-18-37(43-38-28-41(51-44(38)50-31-49-43)32-24-26-53(27-25-32)42(54)29-48)39(40)30-56-57(47(4,5)6,35-14-9-7-10-15-35)36-16-11-8-12-17-36/h7-24,28,31H,25-27,29-30H2,1-6H3,(H,52,55)(H,49,50,51). The second-order valence-electron chi connectivity index (χ2n) is 16.7. The number of nitrogens with one attached hydrogen (secondary N) is 2. The Morgan fingerprint density at radius 1 is 0.860 bits per heavy atom. The first-order chi connectivity index (χ1) is 27.3. The van der Waals surface area contributed by atoms with E-state index in [2.05, 4.69) is 105 Å². The summed E-state index contributed by atoms with van der Waals surface area (Å²) in [6.07, 6.45) is 4.09. The van der Waals surface area contributed by atoms with Crippen LogP contribution in [0.25, 0.3) is 27.9 Å². The van der Waals surface area contributed by atoms with E-state index in [0.717, 1.165) is 43.7 Å². The highest BCUT2D eigenvalue weighted by atomic mass is 28.4. The summed E-state index contributed by atoms with van der Waals surface area (Å²) in [7, 11) is -3.01. The van der Waals surface area contributed by atoms with Crippen molar-refractivity contribution in [1.29, 1.82) is 0 Å². The van der Waals surface area contributed by atoms with Crippen LogP contribution >= 0.6 is 0 Å². The molecule has 6 aromatic rings. The first kappa shape index (κ1) is 39.5. The van der Waals surface area contributed by atoms with Gasteiger partial charge < -0.3 is 19.6 Å². The lowest BCUT2D eigenvalue weighted by Crippen LogP contribution is -2.66. The molecule has 1 aliphatic heterocycles. The molecular weight excluding hydrogens is 730 g/mol. The summed E-state index contributed by atoms with van der Waals surface area (Å²) in [4.78, 5) is 40.5. The van der Waals surface area contributed by atoms with Crippen molar-refractivity contribution in [2.75, 3.05) is 25.1 Å². The zero-order valence-corrected chi connectivity index (χ0v) is 34.5. The Hall–Kier alpha value is -5.71. The highest BCUT2D eigenvalue weighted by molar-refractivity contribution is 6.99. The summed E-state index contributed by atoms with van der Waals surface area (Å²) in [5, 5.41) is 6.08. The van der Waals surface area contributed by atoms with Crippen LogP contribution in [0.15, 0.2) is 122 Å². The summed E-state index contributed by atoms with van der Waals surface area (Å²) in [6, 6.07) is 36.7. The minimum Gasteiger partial charge on any atom is -0.403 e. The fourth-order valence-electron chi connectivity index (χ4n) is 7.89. The minimum absolute atomic E-state index is 0.0436. The maximum Gasteiger partial charge on any atom is 0.261 e. The van der Waals surface area contributed by atoms with Crippen molar-refractivity contribution in [3.05, 3.63) is 144 Å². The van der Waals surface area contributed by atoms with Crippen molar-refractivity contribution < 1.29 is 18.4 Å². The van der Waals surface area contributed by atoms with E-state index < -0.39 is 20.9 Å². The lowest BCUT2D eigenvalue weighted by Gasteiger charge is -2.43. The molecule has 2 N–H and O–H groups in total. The number of hydrogen-bond donors (Lipinski definition) is 2. The van der Waals surface area contributed by atoms with Gasteiger partial charge in [-0.3, -0.25) is 9.59 Å². The van der Waals surface area contributed by atoms with E-state index in [1.165, 1.54) is 4.90 Å². The van der Waals surface area contributed by atoms with Gasteiger partial charge in [0.2, 0.25) is 0 Å². The summed E-state index contributed by atoms with van der Waals surface area (Å²) in [5.41, 5.74) is 7.14. The Balaban J connectivity index is 1.34. The third-order valence-corrected chi connectivity index (χ3v) is 16.0. The Labute approximate surface area is 335 Å². The normalized spacial score (nSPS) is 13.7. The van der Waals surface area contributed by atoms with Gasteiger partial charge >= 0.3 is 0 Å². The fourth-order valence-corrected chi connectivity index (χ4v) is 12.4. The topological polar surface area (TPSA) is 100 Å². The van der Waals surface area contributed by atoms with E-state index in [-0.39, 0.29) is 23.0 Å². The van der Waals surface area contributed by atoms with Crippen LogP contribution in [-0.4, -0.2) is 59.7 Å². The molecule has 0 aliphatic carbocycles. The van der Waals surface area contributed by atoms with Gasteiger partial charge in [-0.05, 0) is 62.6 Å². The number of rotatable bonds is 10. The molecule has 0 bridgehead atoms. The average Bonchev–Trinajstić information content (AvgIpc) is 3.66.